The van der Waals surface area contributed by atoms with Crippen LogP contribution in [0.15, 0.2) is 18.2 Å². The number of amides is 1. The third-order valence-corrected chi connectivity index (χ3v) is 2.70. The van der Waals surface area contributed by atoms with E-state index < -0.39 is 28.7 Å². The third kappa shape index (κ3) is 3.61. The second-order valence-corrected chi connectivity index (χ2v) is 4.10. The fraction of sp³-hybridized carbons (Fsp3) is 0.364. The van der Waals surface area contributed by atoms with Crippen molar-refractivity contribution in [3.05, 3.63) is 28.8 Å². The lowest BCUT2D eigenvalue weighted by atomic mass is 10.2. The second kappa shape index (κ2) is 5.58. The number of anilines is 1. The molecule has 1 amide bonds. The zero-order chi connectivity index (χ0) is 13.9. The van der Waals surface area contributed by atoms with Gasteiger partial charge >= 0.3 is 6.18 Å². The summed E-state index contributed by atoms with van der Waals surface area (Å²) in [5, 5.41) is 4.65. The van der Waals surface area contributed by atoms with Crippen molar-refractivity contribution in [1.82, 2.24) is 5.32 Å². The van der Waals surface area contributed by atoms with Crippen LogP contribution in [0.5, 0.6) is 0 Å². The molecule has 3 nitrogen and oxygen atoms in total. The fourth-order valence-corrected chi connectivity index (χ4v) is 1.43. The van der Waals surface area contributed by atoms with E-state index in [4.69, 9.17) is 11.6 Å². The molecule has 0 aliphatic rings. The highest BCUT2D eigenvalue weighted by Crippen LogP contribution is 2.36. The highest BCUT2D eigenvalue weighted by Gasteiger charge is 2.33. The molecule has 1 rings (SSSR count). The number of hydrogen-bond acceptors (Lipinski definition) is 2. The van der Waals surface area contributed by atoms with Crippen LogP contribution < -0.4 is 10.6 Å². The minimum atomic E-state index is -4.55. The summed E-state index contributed by atoms with van der Waals surface area (Å²) < 4.78 is 37.7. The summed E-state index contributed by atoms with van der Waals surface area (Å²) in [4.78, 5) is 11.5. The van der Waals surface area contributed by atoms with Crippen LogP contribution in [0.1, 0.15) is 12.5 Å². The van der Waals surface area contributed by atoms with Gasteiger partial charge in [0.2, 0.25) is 5.91 Å². The lowest BCUT2D eigenvalue weighted by molar-refractivity contribution is -0.137. The van der Waals surface area contributed by atoms with Gasteiger partial charge in [-0.3, -0.25) is 4.79 Å². The van der Waals surface area contributed by atoms with Crippen LogP contribution in [0, 0.1) is 0 Å². The zero-order valence-corrected chi connectivity index (χ0v) is 10.5. The van der Waals surface area contributed by atoms with E-state index >= 15 is 0 Å². The van der Waals surface area contributed by atoms with Gasteiger partial charge in [0.15, 0.2) is 0 Å². The molecule has 0 fully saturated rings. The van der Waals surface area contributed by atoms with Gasteiger partial charge in [-0.15, -0.1) is 0 Å². The standard InChI is InChI=1S/C11H12ClF3N2O/c1-6(16-2)10(18)17-7-3-4-9(12)8(5-7)11(13,14)15/h3-6,16H,1-2H3,(H,17,18). The molecule has 1 unspecified atom stereocenters. The highest BCUT2D eigenvalue weighted by atomic mass is 35.5. The first-order chi connectivity index (χ1) is 8.25. The quantitative estimate of drug-likeness (QED) is 0.894. The monoisotopic (exact) mass is 280 g/mol. The van der Waals surface area contributed by atoms with Crippen LogP contribution in [0.4, 0.5) is 18.9 Å². The summed E-state index contributed by atoms with van der Waals surface area (Å²) in [6.07, 6.45) is -4.55. The van der Waals surface area contributed by atoms with E-state index in [-0.39, 0.29) is 5.69 Å². The Morgan fingerprint density at radius 1 is 1.39 bits per heavy atom. The van der Waals surface area contributed by atoms with Crippen LogP contribution in [-0.2, 0) is 11.0 Å². The van der Waals surface area contributed by atoms with E-state index in [0.29, 0.717) is 0 Å². The molecule has 100 valence electrons. The number of benzene rings is 1. The van der Waals surface area contributed by atoms with Crippen LogP contribution in [-0.4, -0.2) is 19.0 Å². The molecular weight excluding hydrogens is 269 g/mol. The summed E-state index contributed by atoms with van der Waals surface area (Å²) in [5.41, 5.74) is -0.919. The molecule has 0 bridgehead atoms. The lowest BCUT2D eigenvalue weighted by Gasteiger charge is -2.14. The van der Waals surface area contributed by atoms with Crippen molar-refractivity contribution >= 4 is 23.2 Å². The van der Waals surface area contributed by atoms with Gasteiger partial charge in [0.05, 0.1) is 16.6 Å². The lowest BCUT2D eigenvalue weighted by Crippen LogP contribution is -2.35. The molecule has 0 heterocycles. The van der Waals surface area contributed by atoms with Crippen molar-refractivity contribution in [1.29, 1.82) is 0 Å². The molecule has 0 aliphatic carbocycles. The Hall–Kier alpha value is -1.27. The minimum absolute atomic E-state index is 0.0545. The maximum absolute atomic E-state index is 12.6. The van der Waals surface area contributed by atoms with Crippen molar-refractivity contribution in [2.24, 2.45) is 0 Å². The van der Waals surface area contributed by atoms with Gasteiger partial charge in [0, 0.05) is 5.69 Å². The van der Waals surface area contributed by atoms with E-state index in [2.05, 4.69) is 10.6 Å². The zero-order valence-electron chi connectivity index (χ0n) is 9.73. The molecular formula is C11H12ClF3N2O. The van der Waals surface area contributed by atoms with Crippen molar-refractivity contribution in [2.75, 3.05) is 12.4 Å². The molecule has 2 N–H and O–H groups in total. The van der Waals surface area contributed by atoms with Gasteiger partial charge in [-0.2, -0.15) is 13.2 Å². The molecule has 0 aliphatic heterocycles. The number of carbonyl (C=O) groups excluding carboxylic acids is 1. The van der Waals surface area contributed by atoms with Gasteiger partial charge in [0.25, 0.3) is 0 Å². The first-order valence-corrected chi connectivity index (χ1v) is 5.48. The van der Waals surface area contributed by atoms with Gasteiger partial charge in [-0.1, -0.05) is 11.6 Å². The average Bonchev–Trinajstić information content (AvgIpc) is 2.29. The minimum Gasteiger partial charge on any atom is -0.325 e. The van der Waals surface area contributed by atoms with E-state index in [1.165, 1.54) is 6.07 Å². The second-order valence-electron chi connectivity index (χ2n) is 3.69. The number of nitrogens with one attached hydrogen (secondary N) is 2. The molecule has 1 aromatic carbocycles. The molecule has 1 atom stereocenters. The number of carbonyl (C=O) groups is 1. The molecule has 1 aromatic rings. The van der Waals surface area contributed by atoms with Crippen molar-refractivity contribution in [3.63, 3.8) is 0 Å². The molecule has 0 aromatic heterocycles. The molecule has 18 heavy (non-hydrogen) atoms. The summed E-state index contributed by atoms with van der Waals surface area (Å²) in [6, 6.07) is 2.72. The Labute approximate surface area is 107 Å². The maximum atomic E-state index is 12.6. The molecule has 0 saturated carbocycles. The number of rotatable bonds is 3. The van der Waals surface area contributed by atoms with E-state index in [1.807, 2.05) is 0 Å². The third-order valence-electron chi connectivity index (χ3n) is 2.37. The molecule has 0 spiro atoms. The SMILES string of the molecule is CNC(C)C(=O)Nc1ccc(Cl)c(C(F)(F)F)c1. The Kier molecular flexibility index (Phi) is 4.59. The van der Waals surface area contributed by atoms with Crippen molar-refractivity contribution in [2.45, 2.75) is 19.1 Å². The number of alkyl halides is 3. The van der Waals surface area contributed by atoms with Gasteiger partial charge in [-0.05, 0) is 32.2 Å². The van der Waals surface area contributed by atoms with Crippen LogP contribution >= 0.6 is 11.6 Å². The smallest absolute Gasteiger partial charge is 0.325 e. The largest absolute Gasteiger partial charge is 0.417 e. The Morgan fingerprint density at radius 3 is 2.50 bits per heavy atom. The summed E-state index contributed by atoms with van der Waals surface area (Å²) in [7, 11) is 1.58. The number of hydrogen-bond donors (Lipinski definition) is 2. The predicted molar refractivity (Wildman–Crippen MR) is 63.6 cm³/mol. The van der Waals surface area contributed by atoms with Gasteiger partial charge in [-0.25, -0.2) is 0 Å². The first kappa shape index (κ1) is 14.8. The van der Waals surface area contributed by atoms with Crippen LogP contribution in [0.3, 0.4) is 0 Å². The van der Waals surface area contributed by atoms with Crippen LogP contribution in [0.25, 0.3) is 0 Å². The number of likely N-dealkylation sites (N-methyl/N-ethyl adjacent to an activating group) is 1. The maximum Gasteiger partial charge on any atom is 0.417 e. The first-order valence-electron chi connectivity index (χ1n) is 5.10. The van der Waals surface area contributed by atoms with E-state index in [9.17, 15) is 18.0 Å². The summed E-state index contributed by atoms with van der Waals surface area (Å²) in [5.74, 6) is -0.423. The number of halogens is 4. The predicted octanol–water partition coefficient (Wildman–Crippen LogP) is 2.91. The molecule has 7 heteroatoms. The van der Waals surface area contributed by atoms with Crippen molar-refractivity contribution in [3.8, 4) is 0 Å². The summed E-state index contributed by atoms with van der Waals surface area (Å²) >= 11 is 5.46. The Balaban J connectivity index is 2.96. The van der Waals surface area contributed by atoms with Crippen molar-refractivity contribution < 1.29 is 18.0 Å². The molecule has 0 saturated heterocycles. The van der Waals surface area contributed by atoms with Crippen LogP contribution in [0.2, 0.25) is 5.02 Å². The van der Waals surface area contributed by atoms with Gasteiger partial charge in [0.1, 0.15) is 0 Å². The van der Waals surface area contributed by atoms with E-state index in [1.54, 1.807) is 14.0 Å². The summed E-state index contributed by atoms with van der Waals surface area (Å²) in [6.45, 7) is 1.59. The van der Waals surface area contributed by atoms with Gasteiger partial charge < -0.3 is 10.6 Å². The highest BCUT2D eigenvalue weighted by molar-refractivity contribution is 6.31. The average molecular weight is 281 g/mol. The van der Waals surface area contributed by atoms with E-state index in [0.717, 1.165) is 12.1 Å². The Morgan fingerprint density at radius 2 is 2.00 bits per heavy atom. The normalized spacial score (nSPS) is 13.2. The fourth-order valence-electron chi connectivity index (χ4n) is 1.20. The molecule has 0 radical (unpaired) electrons. The topological polar surface area (TPSA) is 41.1 Å². The Bertz CT molecular complexity index is 448.